The normalized spacial score (nSPS) is 17.2. The molecule has 0 spiro atoms. The molecule has 1 aromatic rings. The van der Waals surface area contributed by atoms with E-state index in [1.165, 1.54) is 4.31 Å². The van der Waals surface area contributed by atoms with Crippen molar-refractivity contribution in [1.29, 1.82) is 0 Å². The highest BCUT2D eigenvalue weighted by molar-refractivity contribution is 7.89. The van der Waals surface area contributed by atoms with Gasteiger partial charge in [0.2, 0.25) is 15.9 Å². The van der Waals surface area contributed by atoms with Crippen LogP contribution in [0.1, 0.15) is 46.1 Å². The monoisotopic (exact) mass is 439 g/mol. The molecule has 1 atom stereocenters. The second-order valence-electron chi connectivity index (χ2n) is 8.47. The molecule has 1 heterocycles. The zero-order chi connectivity index (χ0) is 22.4. The van der Waals surface area contributed by atoms with Crippen molar-refractivity contribution in [2.24, 2.45) is 0 Å². The van der Waals surface area contributed by atoms with E-state index in [0.717, 1.165) is 5.56 Å². The van der Waals surface area contributed by atoms with Crippen LogP contribution >= 0.6 is 0 Å². The first kappa shape index (κ1) is 24.1. The van der Waals surface area contributed by atoms with Crippen LogP contribution in [0, 0.1) is 0 Å². The third-order valence-corrected chi connectivity index (χ3v) is 6.73. The van der Waals surface area contributed by atoms with Crippen molar-refractivity contribution < 1.29 is 22.7 Å². The lowest BCUT2D eigenvalue weighted by Crippen LogP contribution is -2.54. The molecule has 30 heavy (non-hydrogen) atoms. The van der Waals surface area contributed by atoms with Gasteiger partial charge in [0, 0.05) is 25.6 Å². The molecule has 2 N–H and O–H groups in total. The number of amides is 2. The van der Waals surface area contributed by atoms with Gasteiger partial charge in [0.05, 0.1) is 5.75 Å². The molecule has 9 heteroatoms. The number of carbonyl (C=O) groups is 2. The van der Waals surface area contributed by atoms with E-state index in [2.05, 4.69) is 10.6 Å². The predicted octanol–water partition coefficient (Wildman–Crippen LogP) is 2.05. The smallest absolute Gasteiger partial charge is 0.408 e. The van der Waals surface area contributed by atoms with E-state index in [1.54, 1.807) is 27.7 Å². The Kier molecular flexibility index (Phi) is 8.25. The van der Waals surface area contributed by atoms with Crippen molar-refractivity contribution >= 4 is 22.0 Å². The van der Waals surface area contributed by atoms with Crippen LogP contribution in [0.3, 0.4) is 0 Å². The van der Waals surface area contributed by atoms with Crippen LogP contribution in [0.15, 0.2) is 30.3 Å². The molecule has 1 aliphatic rings. The van der Waals surface area contributed by atoms with Gasteiger partial charge in [-0.05, 0) is 46.1 Å². The standard InChI is InChI=1S/C21H33N3O5S/c1-5-30(27,28)24-13-11-17(12-14-24)22-19(25)18(15-16-9-7-6-8-10-16)23-20(26)29-21(2,3)4/h6-10,17-18H,5,11-15H2,1-4H3,(H,22,25)(H,23,26). The Morgan fingerprint density at radius 1 is 1.17 bits per heavy atom. The van der Waals surface area contributed by atoms with E-state index in [9.17, 15) is 18.0 Å². The Labute approximate surface area is 179 Å². The molecule has 0 bridgehead atoms. The lowest BCUT2D eigenvalue weighted by atomic mass is 10.0. The zero-order valence-corrected chi connectivity index (χ0v) is 19.0. The Balaban J connectivity index is 2.01. The minimum atomic E-state index is -3.22. The Morgan fingerprint density at radius 3 is 2.30 bits per heavy atom. The third kappa shape index (κ3) is 7.60. The first-order valence-corrected chi connectivity index (χ1v) is 11.9. The molecule has 2 rings (SSSR count). The SMILES string of the molecule is CCS(=O)(=O)N1CCC(NC(=O)C(Cc2ccccc2)NC(=O)OC(C)(C)C)CC1. The van der Waals surface area contributed by atoms with Crippen molar-refractivity contribution in [3.05, 3.63) is 35.9 Å². The number of ether oxygens (including phenoxy) is 1. The summed E-state index contributed by atoms with van der Waals surface area (Å²) < 4.78 is 30.8. The Hall–Kier alpha value is -2.13. The minimum absolute atomic E-state index is 0.0724. The second kappa shape index (κ2) is 10.3. The van der Waals surface area contributed by atoms with Crippen molar-refractivity contribution in [2.45, 2.75) is 64.6 Å². The Morgan fingerprint density at radius 2 is 1.77 bits per heavy atom. The number of piperidine rings is 1. The maximum absolute atomic E-state index is 12.9. The van der Waals surface area contributed by atoms with E-state index in [-0.39, 0.29) is 17.7 Å². The number of nitrogens with one attached hydrogen (secondary N) is 2. The fourth-order valence-electron chi connectivity index (χ4n) is 3.27. The van der Waals surface area contributed by atoms with Gasteiger partial charge in [0.1, 0.15) is 11.6 Å². The maximum atomic E-state index is 12.9. The van der Waals surface area contributed by atoms with Crippen molar-refractivity contribution in [3.8, 4) is 0 Å². The number of sulfonamides is 1. The molecule has 1 fully saturated rings. The van der Waals surface area contributed by atoms with Gasteiger partial charge in [0.15, 0.2) is 0 Å². The number of rotatable bonds is 7. The number of hydrogen-bond acceptors (Lipinski definition) is 5. The molecular formula is C21H33N3O5S. The van der Waals surface area contributed by atoms with Crippen LogP contribution in [-0.2, 0) is 26.0 Å². The van der Waals surface area contributed by atoms with Crippen LogP contribution < -0.4 is 10.6 Å². The summed E-state index contributed by atoms with van der Waals surface area (Å²) >= 11 is 0. The fraction of sp³-hybridized carbons (Fsp3) is 0.619. The van der Waals surface area contributed by atoms with Crippen LogP contribution in [-0.4, -0.2) is 61.3 Å². The number of hydrogen-bond donors (Lipinski definition) is 2. The fourth-order valence-corrected chi connectivity index (χ4v) is 4.40. The average molecular weight is 440 g/mol. The summed E-state index contributed by atoms with van der Waals surface area (Å²) in [5.74, 6) is -0.232. The quantitative estimate of drug-likeness (QED) is 0.677. The van der Waals surface area contributed by atoms with Gasteiger partial charge in [-0.3, -0.25) is 4.79 Å². The molecule has 1 aliphatic heterocycles. The molecule has 0 aromatic heterocycles. The first-order chi connectivity index (χ1) is 14.0. The van der Waals surface area contributed by atoms with Crippen molar-refractivity contribution in [2.75, 3.05) is 18.8 Å². The molecular weight excluding hydrogens is 406 g/mol. The van der Waals surface area contributed by atoms with Gasteiger partial charge < -0.3 is 15.4 Å². The third-order valence-electron chi connectivity index (χ3n) is 4.85. The lowest BCUT2D eigenvalue weighted by Gasteiger charge is -2.32. The van der Waals surface area contributed by atoms with Crippen molar-refractivity contribution in [3.63, 3.8) is 0 Å². The van der Waals surface area contributed by atoms with Gasteiger partial charge in [-0.25, -0.2) is 17.5 Å². The molecule has 0 radical (unpaired) electrons. The second-order valence-corrected chi connectivity index (χ2v) is 10.7. The lowest BCUT2D eigenvalue weighted by molar-refractivity contribution is -0.124. The molecule has 0 aliphatic carbocycles. The van der Waals surface area contributed by atoms with Gasteiger partial charge in [-0.2, -0.15) is 0 Å². The molecule has 1 saturated heterocycles. The predicted molar refractivity (Wildman–Crippen MR) is 116 cm³/mol. The van der Waals surface area contributed by atoms with E-state index < -0.39 is 27.8 Å². The number of carbonyl (C=O) groups excluding carboxylic acids is 2. The summed E-state index contributed by atoms with van der Waals surface area (Å²) in [5, 5.41) is 5.64. The van der Waals surface area contributed by atoms with Crippen LogP contribution in [0.25, 0.3) is 0 Å². The Bertz CT molecular complexity index is 813. The van der Waals surface area contributed by atoms with E-state index in [4.69, 9.17) is 4.74 Å². The van der Waals surface area contributed by atoms with E-state index >= 15 is 0 Å². The van der Waals surface area contributed by atoms with Crippen LogP contribution in [0.4, 0.5) is 4.79 Å². The topological polar surface area (TPSA) is 105 Å². The van der Waals surface area contributed by atoms with Gasteiger partial charge >= 0.3 is 6.09 Å². The molecule has 0 saturated carbocycles. The molecule has 1 unspecified atom stereocenters. The highest BCUT2D eigenvalue weighted by atomic mass is 32.2. The molecule has 2 amide bonds. The summed E-state index contributed by atoms with van der Waals surface area (Å²) in [6.07, 6.45) is 0.752. The minimum Gasteiger partial charge on any atom is -0.444 e. The number of alkyl carbamates (subject to hydrolysis) is 1. The van der Waals surface area contributed by atoms with Crippen LogP contribution in [0.5, 0.6) is 0 Å². The average Bonchev–Trinajstić information content (AvgIpc) is 2.67. The molecule has 8 nitrogen and oxygen atoms in total. The van der Waals surface area contributed by atoms with E-state index in [1.807, 2.05) is 30.3 Å². The molecule has 1 aromatic carbocycles. The summed E-state index contributed by atoms with van der Waals surface area (Å²) in [6.45, 7) is 7.67. The van der Waals surface area contributed by atoms with E-state index in [0.29, 0.717) is 32.4 Å². The summed E-state index contributed by atoms with van der Waals surface area (Å²) in [4.78, 5) is 25.2. The zero-order valence-electron chi connectivity index (χ0n) is 18.2. The summed E-state index contributed by atoms with van der Waals surface area (Å²) in [7, 11) is -3.22. The number of benzene rings is 1. The van der Waals surface area contributed by atoms with Crippen molar-refractivity contribution in [1.82, 2.24) is 14.9 Å². The summed E-state index contributed by atoms with van der Waals surface area (Å²) in [6, 6.07) is 8.50. The maximum Gasteiger partial charge on any atom is 0.408 e. The first-order valence-electron chi connectivity index (χ1n) is 10.3. The largest absolute Gasteiger partial charge is 0.444 e. The van der Waals surface area contributed by atoms with Gasteiger partial charge in [0.25, 0.3) is 0 Å². The highest BCUT2D eigenvalue weighted by Gasteiger charge is 2.30. The van der Waals surface area contributed by atoms with Gasteiger partial charge in [-0.15, -0.1) is 0 Å². The highest BCUT2D eigenvalue weighted by Crippen LogP contribution is 2.15. The van der Waals surface area contributed by atoms with Gasteiger partial charge in [-0.1, -0.05) is 30.3 Å². The van der Waals surface area contributed by atoms with Crippen LogP contribution in [0.2, 0.25) is 0 Å². The summed E-state index contributed by atoms with van der Waals surface area (Å²) in [5.41, 5.74) is 0.243. The molecule has 168 valence electrons. The number of nitrogens with zero attached hydrogens (tertiary/aromatic N) is 1.